The van der Waals surface area contributed by atoms with Crippen LogP contribution in [0.1, 0.15) is 42.0 Å². The molecule has 1 saturated heterocycles. The van der Waals surface area contributed by atoms with E-state index in [1.807, 2.05) is 20.8 Å². The molecular formula is C18H25NO5. The summed E-state index contributed by atoms with van der Waals surface area (Å²) in [5.74, 6) is 0.745. The third kappa shape index (κ3) is 2.63. The van der Waals surface area contributed by atoms with Gasteiger partial charge in [0.2, 0.25) is 0 Å². The monoisotopic (exact) mass is 335 g/mol. The largest absolute Gasteiger partial charge is 0.507 e. The summed E-state index contributed by atoms with van der Waals surface area (Å²) in [6.45, 7) is 7.82. The molecule has 0 radical (unpaired) electrons. The first-order chi connectivity index (χ1) is 11.2. The van der Waals surface area contributed by atoms with Crippen LogP contribution in [0, 0.1) is 20.8 Å². The van der Waals surface area contributed by atoms with Crippen LogP contribution in [-0.4, -0.2) is 40.7 Å². The summed E-state index contributed by atoms with van der Waals surface area (Å²) in [6, 6.07) is -0.399. The predicted molar refractivity (Wildman–Crippen MR) is 88.2 cm³/mol. The summed E-state index contributed by atoms with van der Waals surface area (Å²) >= 11 is 0. The molecular weight excluding hydrogens is 310 g/mol. The first-order valence-corrected chi connectivity index (χ1v) is 8.36. The second-order valence-corrected chi connectivity index (χ2v) is 6.99. The second kappa shape index (κ2) is 5.93. The maximum Gasteiger partial charge on any atom is 0.264 e. The van der Waals surface area contributed by atoms with E-state index in [0.717, 1.165) is 22.3 Å². The van der Waals surface area contributed by atoms with Crippen LogP contribution < -0.4 is 10.1 Å². The lowest BCUT2D eigenvalue weighted by Gasteiger charge is -2.37. The minimum absolute atomic E-state index is 0.245. The first kappa shape index (κ1) is 17.0. The number of phenolic OH excluding ortho intramolecular Hbond substituents is 1. The van der Waals surface area contributed by atoms with Gasteiger partial charge in [0.25, 0.3) is 5.91 Å². The molecule has 132 valence electrons. The van der Waals surface area contributed by atoms with Crippen molar-refractivity contribution >= 4 is 5.91 Å². The average Bonchev–Trinajstić information content (AvgIpc) is 2.95. The van der Waals surface area contributed by atoms with Crippen LogP contribution in [0.5, 0.6) is 11.5 Å². The topological polar surface area (TPSA) is 88.0 Å². The highest BCUT2D eigenvalue weighted by Gasteiger charge is 2.42. The van der Waals surface area contributed by atoms with Crippen molar-refractivity contribution in [3.8, 4) is 11.5 Å². The van der Waals surface area contributed by atoms with Crippen molar-refractivity contribution in [2.75, 3.05) is 6.61 Å². The Bertz CT molecular complexity index is 687. The fraction of sp³-hybridized carbons (Fsp3) is 0.611. The minimum atomic E-state index is -1.00. The van der Waals surface area contributed by atoms with Crippen LogP contribution in [-0.2, 0) is 16.0 Å². The average molecular weight is 335 g/mol. The van der Waals surface area contributed by atoms with Gasteiger partial charge in [-0.2, -0.15) is 0 Å². The molecule has 6 heteroatoms. The molecule has 1 unspecified atom stereocenters. The van der Waals surface area contributed by atoms with Gasteiger partial charge in [0.15, 0.2) is 11.9 Å². The number of amides is 1. The number of aromatic hydroxyl groups is 1. The summed E-state index contributed by atoms with van der Waals surface area (Å²) < 4.78 is 11.2. The summed E-state index contributed by atoms with van der Waals surface area (Å²) in [5, 5.41) is 22.8. The van der Waals surface area contributed by atoms with Gasteiger partial charge in [0, 0.05) is 12.0 Å². The molecule has 0 bridgehead atoms. The highest BCUT2D eigenvalue weighted by atomic mass is 16.6. The summed E-state index contributed by atoms with van der Waals surface area (Å²) in [5.41, 5.74) is 2.41. The maximum absolute atomic E-state index is 12.7. The van der Waals surface area contributed by atoms with Gasteiger partial charge >= 0.3 is 0 Å². The fourth-order valence-electron chi connectivity index (χ4n) is 3.45. The molecule has 0 saturated carbocycles. The number of carbonyl (C=O) groups is 1. The number of hydrogen-bond acceptors (Lipinski definition) is 5. The number of nitrogens with one attached hydrogen (secondary N) is 1. The quantitative estimate of drug-likeness (QED) is 0.764. The number of aliphatic hydroxyl groups is 1. The van der Waals surface area contributed by atoms with Crippen LogP contribution in [0.25, 0.3) is 0 Å². The van der Waals surface area contributed by atoms with Gasteiger partial charge in [0.05, 0.1) is 12.6 Å². The number of carbonyl (C=O) groups excluding carboxylic acids is 1. The Labute approximate surface area is 141 Å². The lowest BCUT2D eigenvalue weighted by atomic mass is 9.86. The van der Waals surface area contributed by atoms with E-state index in [9.17, 15) is 15.0 Å². The van der Waals surface area contributed by atoms with E-state index in [1.165, 1.54) is 0 Å². The molecule has 2 aliphatic heterocycles. The Hall–Kier alpha value is -1.79. The molecule has 0 aromatic heterocycles. The maximum atomic E-state index is 12.7. The third-order valence-corrected chi connectivity index (χ3v) is 5.38. The zero-order valence-corrected chi connectivity index (χ0v) is 14.6. The van der Waals surface area contributed by atoms with E-state index in [-0.39, 0.29) is 5.91 Å². The van der Waals surface area contributed by atoms with Gasteiger partial charge in [0.1, 0.15) is 11.5 Å². The van der Waals surface area contributed by atoms with Crippen molar-refractivity contribution in [2.45, 2.75) is 64.9 Å². The van der Waals surface area contributed by atoms with Gasteiger partial charge in [-0.15, -0.1) is 0 Å². The van der Waals surface area contributed by atoms with E-state index < -0.39 is 17.9 Å². The zero-order chi connectivity index (χ0) is 17.6. The molecule has 1 fully saturated rings. The highest BCUT2D eigenvalue weighted by molar-refractivity contribution is 5.86. The van der Waals surface area contributed by atoms with Crippen molar-refractivity contribution in [3.63, 3.8) is 0 Å². The molecule has 24 heavy (non-hydrogen) atoms. The standard InChI is InChI=1S/C18H25NO5/c1-9-10(2)15-12(11(3)14(9)20)5-7-18(4,24-15)17(22)19-13-6-8-23-16(13)21/h13,16,20-21H,5-8H2,1-4H3,(H,19,22)/t13-,16?,18+/m0/s1. The minimum Gasteiger partial charge on any atom is -0.507 e. The van der Waals surface area contributed by atoms with E-state index in [4.69, 9.17) is 9.47 Å². The van der Waals surface area contributed by atoms with Crippen LogP contribution in [0.3, 0.4) is 0 Å². The van der Waals surface area contributed by atoms with E-state index in [1.54, 1.807) is 6.92 Å². The molecule has 6 nitrogen and oxygen atoms in total. The van der Waals surface area contributed by atoms with Crippen molar-refractivity contribution in [1.29, 1.82) is 0 Å². The Balaban J connectivity index is 1.87. The molecule has 0 aliphatic carbocycles. The van der Waals surface area contributed by atoms with Gasteiger partial charge in [-0.1, -0.05) is 0 Å². The summed E-state index contributed by atoms with van der Waals surface area (Å²) in [4.78, 5) is 12.7. The second-order valence-electron chi connectivity index (χ2n) is 6.99. The number of benzene rings is 1. The van der Waals surface area contributed by atoms with Crippen molar-refractivity contribution < 1.29 is 24.5 Å². The Morgan fingerprint density at radius 2 is 1.96 bits per heavy atom. The molecule has 1 amide bonds. The molecule has 3 rings (SSSR count). The Morgan fingerprint density at radius 1 is 1.25 bits per heavy atom. The van der Waals surface area contributed by atoms with Crippen LogP contribution in [0.15, 0.2) is 0 Å². The Kier molecular flexibility index (Phi) is 4.21. The molecule has 3 N–H and O–H groups in total. The van der Waals surface area contributed by atoms with Crippen molar-refractivity contribution in [1.82, 2.24) is 5.32 Å². The zero-order valence-electron chi connectivity index (χ0n) is 14.6. The van der Waals surface area contributed by atoms with E-state index >= 15 is 0 Å². The normalized spacial score (nSPS) is 29.0. The predicted octanol–water partition coefficient (Wildman–Crippen LogP) is 1.62. The van der Waals surface area contributed by atoms with Crippen molar-refractivity contribution in [2.24, 2.45) is 0 Å². The number of rotatable bonds is 2. The molecule has 2 heterocycles. The smallest absolute Gasteiger partial charge is 0.264 e. The third-order valence-electron chi connectivity index (χ3n) is 5.38. The first-order valence-electron chi connectivity index (χ1n) is 8.36. The summed E-state index contributed by atoms with van der Waals surface area (Å²) in [6.07, 6.45) is 0.795. The van der Waals surface area contributed by atoms with Crippen LogP contribution in [0.2, 0.25) is 0 Å². The number of phenols is 1. The Morgan fingerprint density at radius 3 is 2.58 bits per heavy atom. The van der Waals surface area contributed by atoms with Crippen LogP contribution >= 0.6 is 0 Å². The number of hydrogen-bond donors (Lipinski definition) is 3. The van der Waals surface area contributed by atoms with E-state index in [0.29, 0.717) is 37.4 Å². The van der Waals surface area contributed by atoms with Gasteiger partial charge in [-0.25, -0.2) is 0 Å². The molecule has 2 aliphatic rings. The van der Waals surface area contributed by atoms with Gasteiger partial charge in [-0.3, -0.25) is 4.79 Å². The number of fused-ring (bicyclic) bond motifs is 1. The number of ether oxygens (including phenoxy) is 2. The molecule has 3 atom stereocenters. The SMILES string of the molecule is Cc1c(C)c2c(c(C)c1O)CC[C@](C)(C(=O)N[C@H]1CCOC1O)O2. The van der Waals surface area contributed by atoms with Gasteiger partial charge < -0.3 is 25.0 Å². The summed E-state index contributed by atoms with van der Waals surface area (Å²) in [7, 11) is 0. The fourth-order valence-corrected chi connectivity index (χ4v) is 3.45. The lowest BCUT2D eigenvalue weighted by Crippen LogP contribution is -2.55. The molecule has 0 spiro atoms. The number of aliphatic hydroxyl groups excluding tert-OH is 1. The van der Waals surface area contributed by atoms with E-state index in [2.05, 4.69) is 5.32 Å². The molecule has 1 aromatic carbocycles. The molecule has 1 aromatic rings. The highest BCUT2D eigenvalue weighted by Crippen LogP contribution is 2.43. The van der Waals surface area contributed by atoms with Crippen LogP contribution in [0.4, 0.5) is 0 Å². The lowest BCUT2D eigenvalue weighted by molar-refractivity contribution is -0.140. The van der Waals surface area contributed by atoms with Crippen molar-refractivity contribution in [3.05, 3.63) is 22.3 Å². The van der Waals surface area contributed by atoms with Gasteiger partial charge in [-0.05, 0) is 57.2 Å².